The molecule has 104 valence electrons. The van der Waals surface area contributed by atoms with E-state index in [1.807, 2.05) is 12.1 Å². The summed E-state index contributed by atoms with van der Waals surface area (Å²) in [4.78, 5) is 12.6. The molecule has 1 fully saturated rings. The summed E-state index contributed by atoms with van der Waals surface area (Å²) >= 11 is 5.91. The molecular weight excluding hydrogens is 264 g/mol. The van der Waals surface area contributed by atoms with Gasteiger partial charge in [0.25, 0.3) is 0 Å². The van der Waals surface area contributed by atoms with Gasteiger partial charge < -0.3 is 15.2 Å². The molecule has 0 spiro atoms. The van der Waals surface area contributed by atoms with Crippen LogP contribution in [0.5, 0.6) is 0 Å². The maximum Gasteiger partial charge on any atom is 0.133 e. The summed E-state index contributed by atoms with van der Waals surface area (Å²) in [5.74, 6) is 0. The zero-order valence-electron chi connectivity index (χ0n) is 10.8. The lowest BCUT2D eigenvalue weighted by Crippen LogP contribution is -2.40. The van der Waals surface area contributed by atoms with Crippen molar-refractivity contribution in [2.24, 2.45) is 0 Å². The Hall–Kier alpha value is -1.10. The van der Waals surface area contributed by atoms with Crippen molar-refractivity contribution in [1.29, 1.82) is 0 Å². The molecule has 0 amide bonds. The van der Waals surface area contributed by atoms with Gasteiger partial charge >= 0.3 is 0 Å². The highest BCUT2D eigenvalue weighted by atomic mass is 35.5. The number of nitrogens with one attached hydrogen (secondary N) is 1. The second-order valence-electron chi connectivity index (χ2n) is 4.85. The number of aliphatic hydroxyl groups is 1. The highest BCUT2D eigenvalue weighted by Crippen LogP contribution is 2.23. The predicted molar refractivity (Wildman–Crippen MR) is 76.5 cm³/mol. The third-order valence-electron chi connectivity index (χ3n) is 3.52. The molecule has 1 saturated heterocycles. The number of hydrogen-bond acceptors (Lipinski definition) is 4. The molecule has 1 aliphatic rings. The molecule has 0 saturated carbocycles. The minimum absolute atomic E-state index is 0.0210. The normalized spacial score (nSPS) is 17.4. The molecule has 4 nitrogen and oxygen atoms in total. The quantitative estimate of drug-likeness (QED) is 0.810. The van der Waals surface area contributed by atoms with Gasteiger partial charge in [0.05, 0.1) is 13.2 Å². The number of nitrogens with zero attached hydrogens (tertiary/aromatic N) is 1. The molecule has 1 heterocycles. The molecule has 1 aromatic carbocycles. The smallest absolute Gasteiger partial charge is 0.133 e. The number of likely N-dealkylation sites (tertiary alicyclic amines) is 1. The van der Waals surface area contributed by atoms with Crippen LogP contribution >= 0.6 is 11.6 Å². The number of carbonyl (C=O) groups excluding carboxylic acids is 1. The monoisotopic (exact) mass is 282 g/mol. The fourth-order valence-electron chi connectivity index (χ4n) is 2.42. The van der Waals surface area contributed by atoms with Crippen LogP contribution in [0.2, 0.25) is 5.02 Å². The molecule has 0 bridgehead atoms. The lowest BCUT2D eigenvalue weighted by Gasteiger charge is -2.32. The second-order valence-corrected chi connectivity index (χ2v) is 5.28. The lowest BCUT2D eigenvalue weighted by molar-refractivity contribution is -0.109. The van der Waals surface area contributed by atoms with Gasteiger partial charge in [-0.2, -0.15) is 0 Å². The molecule has 1 aliphatic heterocycles. The van der Waals surface area contributed by atoms with E-state index in [1.54, 1.807) is 6.07 Å². The van der Waals surface area contributed by atoms with E-state index in [9.17, 15) is 9.90 Å². The molecule has 0 radical (unpaired) electrons. The summed E-state index contributed by atoms with van der Waals surface area (Å²) in [7, 11) is 0. The van der Waals surface area contributed by atoms with Crippen molar-refractivity contribution in [3.63, 3.8) is 0 Å². The van der Waals surface area contributed by atoms with Crippen LogP contribution in [-0.2, 0) is 11.4 Å². The number of aldehydes is 1. The Morgan fingerprint density at radius 3 is 2.79 bits per heavy atom. The van der Waals surface area contributed by atoms with E-state index in [1.165, 1.54) is 0 Å². The Labute approximate surface area is 118 Å². The maximum absolute atomic E-state index is 10.5. The van der Waals surface area contributed by atoms with Crippen LogP contribution in [0.15, 0.2) is 18.2 Å². The van der Waals surface area contributed by atoms with Crippen molar-refractivity contribution in [3.8, 4) is 0 Å². The van der Waals surface area contributed by atoms with Gasteiger partial charge in [0.1, 0.15) is 6.29 Å². The number of anilines is 1. The van der Waals surface area contributed by atoms with Crippen LogP contribution in [0.4, 0.5) is 5.69 Å². The first-order valence-corrected chi connectivity index (χ1v) is 6.92. The average Bonchev–Trinajstić information content (AvgIpc) is 2.43. The predicted octanol–water partition coefficient (Wildman–Crippen LogP) is 1.91. The van der Waals surface area contributed by atoms with Crippen LogP contribution in [0.25, 0.3) is 0 Å². The molecule has 0 aliphatic carbocycles. The second kappa shape index (κ2) is 6.89. The van der Waals surface area contributed by atoms with Crippen molar-refractivity contribution in [2.75, 3.05) is 25.0 Å². The Morgan fingerprint density at radius 1 is 1.42 bits per heavy atom. The van der Waals surface area contributed by atoms with E-state index >= 15 is 0 Å². The number of hydrogen-bond donors (Lipinski definition) is 2. The topological polar surface area (TPSA) is 52.6 Å². The van der Waals surface area contributed by atoms with Gasteiger partial charge in [-0.3, -0.25) is 4.90 Å². The molecule has 0 aromatic heterocycles. The van der Waals surface area contributed by atoms with Crippen LogP contribution < -0.4 is 5.32 Å². The van der Waals surface area contributed by atoms with Crippen LogP contribution in [-0.4, -0.2) is 42.0 Å². The zero-order chi connectivity index (χ0) is 13.7. The Bertz CT molecular complexity index is 431. The van der Waals surface area contributed by atoms with Gasteiger partial charge in [-0.05, 0) is 31.0 Å². The largest absolute Gasteiger partial charge is 0.392 e. The SMILES string of the molecule is O=CCN1CCC(Nc2ccc(Cl)cc2CO)CC1. The van der Waals surface area contributed by atoms with E-state index in [-0.39, 0.29) is 6.61 Å². The minimum Gasteiger partial charge on any atom is -0.392 e. The van der Waals surface area contributed by atoms with Crippen LogP contribution in [0.1, 0.15) is 18.4 Å². The third kappa shape index (κ3) is 3.93. The van der Waals surface area contributed by atoms with Gasteiger partial charge in [-0.25, -0.2) is 0 Å². The summed E-state index contributed by atoms with van der Waals surface area (Å²) in [6.07, 6.45) is 2.96. The highest BCUT2D eigenvalue weighted by molar-refractivity contribution is 6.30. The zero-order valence-corrected chi connectivity index (χ0v) is 11.6. The van der Waals surface area contributed by atoms with E-state index in [0.29, 0.717) is 17.6 Å². The fourth-order valence-corrected chi connectivity index (χ4v) is 2.61. The van der Waals surface area contributed by atoms with E-state index in [4.69, 9.17) is 11.6 Å². The van der Waals surface area contributed by atoms with Crippen molar-refractivity contribution in [2.45, 2.75) is 25.5 Å². The summed E-state index contributed by atoms with van der Waals surface area (Å²) in [5.41, 5.74) is 1.77. The Balaban J connectivity index is 1.93. The minimum atomic E-state index is -0.0210. The summed E-state index contributed by atoms with van der Waals surface area (Å²) in [5, 5.41) is 13.4. The molecule has 2 N–H and O–H groups in total. The van der Waals surface area contributed by atoms with Gasteiger partial charge in [0, 0.05) is 35.4 Å². The van der Waals surface area contributed by atoms with E-state index < -0.39 is 0 Å². The van der Waals surface area contributed by atoms with Gasteiger partial charge in [-0.1, -0.05) is 11.6 Å². The number of rotatable bonds is 5. The molecule has 1 aromatic rings. The molecule has 0 unspecified atom stereocenters. The van der Waals surface area contributed by atoms with E-state index in [0.717, 1.165) is 43.5 Å². The number of aliphatic hydroxyl groups excluding tert-OH is 1. The van der Waals surface area contributed by atoms with Crippen LogP contribution in [0, 0.1) is 0 Å². The Morgan fingerprint density at radius 2 is 2.16 bits per heavy atom. The molecule has 19 heavy (non-hydrogen) atoms. The maximum atomic E-state index is 10.5. The Kier molecular flexibility index (Phi) is 5.19. The fraction of sp³-hybridized carbons (Fsp3) is 0.500. The van der Waals surface area contributed by atoms with E-state index in [2.05, 4.69) is 10.2 Å². The van der Waals surface area contributed by atoms with Crippen molar-refractivity contribution >= 4 is 23.6 Å². The number of carbonyl (C=O) groups is 1. The first-order valence-electron chi connectivity index (χ1n) is 6.54. The summed E-state index contributed by atoms with van der Waals surface area (Å²) < 4.78 is 0. The molecular formula is C14H19ClN2O2. The molecule has 5 heteroatoms. The number of benzene rings is 1. The van der Waals surface area contributed by atoms with Gasteiger partial charge in [0.15, 0.2) is 0 Å². The van der Waals surface area contributed by atoms with Crippen molar-refractivity contribution < 1.29 is 9.90 Å². The standard InChI is InChI=1S/C14H19ClN2O2/c15-12-1-2-14(11(9-12)10-19)16-13-3-5-17(6-4-13)7-8-18/h1-2,8-9,13,16,19H,3-7,10H2. The van der Waals surface area contributed by atoms with Crippen molar-refractivity contribution in [1.82, 2.24) is 4.90 Å². The van der Waals surface area contributed by atoms with Crippen molar-refractivity contribution in [3.05, 3.63) is 28.8 Å². The summed E-state index contributed by atoms with van der Waals surface area (Å²) in [6, 6.07) is 5.90. The average molecular weight is 283 g/mol. The highest BCUT2D eigenvalue weighted by Gasteiger charge is 2.19. The first kappa shape index (κ1) is 14.3. The summed E-state index contributed by atoms with van der Waals surface area (Å²) in [6.45, 7) is 2.36. The van der Waals surface area contributed by atoms with Gasteiger partial charge in [-0.15, -0.1) is 0 Å². The van der Waals surface area contributed by atoms with Crippen LogP contribution in [0.3, 0.4) is 0 Å². The lowest BCUT2D eigenvalue weighted by atomic mass is 10.0. The number of halogens is 1. The molecule has 2 rings (SSSR count). The first-order chi connectivity index (χ1) is 9.22. The third-order valence-corrected chi connectivity index (χ3v) is 3.75. The number of piperidine rings is 1. The molecule has 0 atom stereocenters. The van der Waals surface area contributed by atoms with Gasteiger partial charge in [0.2, 0.25) is 0 Å².